The third kappa shape index (κ3) is 4.55. The highest BCUT2D eigenvalue weighted by atomic mass is 16.5. The predicted molar refractivity (Wildman–Crippen MR) is 91.2 cm³/mol. The molecule has 0 spiro atoms. The molecule has 2 aliphatic rings. The molecule has 3 rings (SSSR count). The molecule has 4 nitrogen and oxygen atoms in total. The third-order valence-electron chi connectivity index (χ3n) is 4.64. The van der Waals surface area contributed by atoms with E-state index in [1.807, 2.05) is 0 Å². The molecule has 0 aromatic heterocycles. The molecule has 1 amide bonds. The summed E-state index contributed by atoms with van der Waals surface area (Å²) < 4.78 is 5.76. The van der Waals surface area contributed by atoms with E-state index in [1.54, 1.807) is 0 Å². The van der Waals surface area contributed by atoms with Gasteiger partial charge in [-0.2, -0.15) is 0 Å². The molecule has 0 N–H and O–H groups in total. The number of amides is 1. The van der Waals surface area contributed by atoms with Gasteiger partial charge in [-0.15, -0.1) is 0 Å². The predicted octanol–water partition coefficient (Wildman–Crippen LogP) is 2.60. The molecule has 2 atom stereocenters. The second-order valence-electron chi connectivity index (χ2n) is 7.19. The van der Waals surface area contributed by atoms with E-state index >= 15 is 0 Å². The van der Waals surface area contributed by atoms with Gasteiger partial charge in [0.25, 0.3) is 0 Å². The van der Waals surface area contributed by atoms with Gasteiger partial charge in [-0.1, -0.05) is 29.8 Å². The van der Waals surface area contributed by atoms with E-state index in [9.17, 15) is 4.79 Å². The zero-order valence-electron chi connectivity index (χ0n) is 14.5. The second kappa shape index (κ2) is 7.02. The molecule has 23 heavy (non-hydrogen) atoms. The Kier molecular flexibility index (Phi) is 5.02. The zero-order valence-corrected chi connectivity index (χ0v) is 14.5. The third-order valence-corrected chi connectivity index (χ3v) is 4.64. The number of morpholine rings is 1. The van der Waals surface area contributed by atoms with Crippen LogP contribution in [0.4, 0.5) is 0 Å². The molecule has 1 aliphatic heterocycles. The Morgan fingerprint density at radius 1 is 1.17 bits per heavy atom. The quantitative estimate of drug-likeness (QED) is 0.837. The molecule has 0 radical (unpaired) electrons. The summed E-state index contributed by atoms with van der Waals surface area (Å²) in [6.45, 7) is 9.20. The minimum atomic E-state index is 0.207. The number of nitrogens with zero attached hydrogens (tertiary/aromatic N) is 2. The van der Waals surface area contributed by atoms with Crippen molar-refractivity contribution in [3.8, 4) is 0 Å². The van der Waals surface area contributed by atoms with Crippen LogP contribution in [0.3, 0.4) is 0 Å². The molecule has 0 bridgehead atoms. The van der Waals surface area contributed by atoms with E-state index in [-0.39, 0.29) is 18.1 Å². The fourth-order valence-electron chi connectivity index (χ4n) is 3.39. The standard InChI is InChI=1S/C19H28N2O2/c1-14-4-6-17(7-5-14)12-21(18-8-9-18)19(22)13-20-10-15(2)23-16(3)11-20/h4-7,15-16,18H,8-13H2,1-3H3. The normalized spacial score (nSPS) is 25.3. The Bertz CT molecular complexity index is 529. The summed E-state index contributed by atoms with van der Waals surface area (Å²) in [5.74, 6) is 0.259. The summed E-state index contributed by atoms with van der Waals surface area (Å²) >= 11 is 0. The Hall–Kier alpha value is -1.39. The van der Waals surface area contributed by atoms with Gasteiger partial charge in [-0.3, -0.25) is 9.69 Å². The second-order valence-corrected chi connectivity index (χ2v) is 7.19. The van der Waals surface area contributed by atoms with Crippen LogP contribution in [0.1, 0.15) is 37.8 Å². The van der Waals surface area contributed by atoms with Crippen molar-refractivity contribution in [3.63, 3.8) is 0 Å². The summed E-state index contributed by atoms with van der Waals surface area (Å²) in [6.07, 6.45) is 2.71. The average molecular weight is 316 g/mol. The maximum atomic E-state index is 12.8. The summed E-state index contributed by atoms with van der Waals surface area (Å²) in [4.78, 5) is 17.1. The molecule has 4 heteroatoms. The lowest BCUT2D eigenvalue weighted by molar-refractivity contribution is -0.137. The number of carbonyl (C=O) groups excluding carboxylic acids is 1. The number of ether oxygens (including phenoxy) is 1. The van der Waals surface area contributed by atoms with Crippen LogP contribution in [-0.4, -0.2) is 53.6 Å². The van der Waals surface area contributed by atoms with Gasteiger partial charge < -0.3 is 9.64 Å². The zero-order chi connectivity index (χ0) is 16.4. The van der Waals surface area contributed by atoms with Crippen LogP contribution in [0, 0.1) is 6.92 Å². The number of rotatable bonds is 5. The van der Waals surface area contributed by atoms with Crippen LogP contribution in [0.2, 0.25) is 0 Å². The van der Waals surface area contributed by atoms with E-state index < -0.39 is 0 Å². The molecular weight excluding hydrogens is 288 g/mol. The van der Waals surface area contributed by atoms with Crippen LogP contribution in [0.25, 0.3) is 0 Å². The summed E-state index contributed by atoms with van der Waals surface area (Å²) in [6, 6.07) is 8.96. The fourth-order valence-corrected chi connectivity index (χ4v) is 3.39. The summed E-state index contributed by atoms with van der Waals surface area (Å²) in [5.41, 5.74) is 2.48. The number of hydrogen-bond acceptors (Lipinski definition) is 3. The van der Waals surface area contributed by atoms with Gasteiger partial charge in [0, 0.05) is 25.7 Å². The monoisotopic (exact) mass is 316 g/mol. The van der Waals surface area contributed by atoms with Crippen LogP contribution in [0.5, 0.6) is 0 Å². The minimum Gasteiger partial charge on any atom is -0.373 e. The van der Waals surface area contributed by atoms with Crippen LogP contribution >= 0.6 is 0 Å². The van der Waals surface area contributed by atoms with Crippen molar-refractivity contribution < 1.29 is 9.53 Å². The number of benzene rings is 1. The van der Waals surface area contributed by atoms with Crippen molar-refractivity contribution in [1.29, 1.82) is 0 Å². The van der Waals surface area contributed by atoms with Crippen molar-refractivity contribution in [2.75, 3.05) is 19.6 Å². The first-order valence-corrected chi connectivity index (χ1v) is 8.74. The van der Waals surface area contributed by atoms with Gasteiger partial charge in [0.2, 0.25) is 5.91 Å². The van der Waals surface area contributed by atoms with Gasteiger partial charge in [-0.05, 0) is 39.2 Å². The van der Waals surface area contributed by atoms with Gasteiger partial charge in [0.1, 0.15) is 0 Å². The molecular formula is C19H28N2O2. The smallest absolute Gasteiger partial charge is 0.237 e. The summed E-state index contributed by atoms with van der Waals surface area (Å²) in [5, 5.41) is 0. The average Bonchev–Trinajstić information content (AvgIpc) is 3.30. The first kappa shape index (κ1) is 16.5. The van der Waals surface area contributed by atoms with Crippen molar-refractivity contribution >= 4 is 5.91 Å². The molecule has 2 unspecified atom stereocenters. The Morgan fingerprint density at radius 3 is 2.35 bits per heavy atom. The van der Waals surface area contributed by atoms with Crippen LogP contribution in [-0.2, 0) is 16.1 Å². The van der Waals surface area contributed by atoms with E-state index in [2.05, 4.69) is 54.8 Å². The molecule has 2 fully saturated rings. The number of aryl methyl sites for hydroxylation is 1. The van der Waals surface area contributed by atoms with Crippen molar-refractivity contribution in [2.24, 2.45) is 0 Å². The van der Waals surface area contributed by atoms with Crippen molar-refractivity contribution in [2.45, 2.75) is 58.4 Å². The lowest BCUT2D eigenvalue weighted by atomic mass is 10.1. The molecule has 126 valence electrons. The van der Waals surface area contributed by atoms with Gasteiger partial charge in [0.05, 0.1) is 18.8 Å². The molecule has 1 heterocycles. The van der Waals surface area contributed by atoms with E-state index in [0.717, 1.165) is 32.5 Å². The van der Waals surface area contributed by atoms with Gasteiger partial charge in [-0.25, -0.2) is 0 Å². The Labute approximate surface area is 139 Å². The van der Waals surface area contributed by atoms with Crippen LogP contribution < -0.4 is 0 Å². The largest absolute Gasteiger partial charge is 0.373 e. The van der Waals surface area contributed by atoms with Crippen molar-refractivity contribution in [1.82, 2.24) is 9.80 Å². The van der Waals surface area contributed by atoms with E-state index in [4.69, 9.17) is 4.74 Å². The lowest BCUT2D eigenvalue weighted by Crippen LogP contribution is -2.50. The van der Waals surface area contributed by atoms with Crippen LogP contribution in [0.15, 0.2) is 24.3 Å². The first-order chi connectivity index (χ1) is 11.0. The number of hydrogen-bond donors (Lipinski definition) is 0. The Morgan fingerprint density at radius 2 is 1.78 bits per heavy atom. The molecule has 1 saturated carbocycles. The lowest BCUT2D eigenvalue weighted by Gasteiger charge is -2.36. The maximum Gasteiger partial charge on any atom is 0.237 e. The number of carbonyl (C=O) groups is 1. The maximum absolute atomic E-state index is 12.8. The minimum absolute atomic E-state index is 0.207. The van der Waals surface area contributed by atoms with Crippen molar-refractivity contribution in [3.05, 3.63) is 35.4 Å². The first-order valence-electron chi connectivity index (χ1n) is 8.74. The highest BCUT2D eigenvalue weighted by Crippen LogP contribution is 2.29. The SMILES string of the molecule is Cc1ccc(CN(C(=O)CN2CC(C)OC(C)C2)C2CC2)cc1. The highest BCUT2D eigenvalue weighted by Gasteiger charge is 2.34. The molecule has 1 aromatic rings. The Balaban J connectivity index is 1.61. The fraction of sp³-hybridized carbons (Fsp3) is 0.632. The molecule has 1 aromatic carbocycles. The van der Waals surface area contributed by atoms with E-state index in [0.29, 0.717) is 12.6 Å². The topological polar surface area (TPSA) is 32.8 Å². The van der Waals surface area contributed by atoms with E-state index in [1.165, 1.54) is 11.1 Å². The molecule has 1 saturated heterocycles. The van der Waals surface area contributed by atoms with Gasteiger partial charge in [0.15, 0.2) is 0 Å². The summed E-state index contributed by atoms with van der Waals surface area (Å²) in [7, 11) is 0. The highest BCUT2D eigenvalue weighted by molar-refractivity contribution is 5.79. The van der Waals surface area contributed by atoms with Gasteiger partial charge >= 0.3 is 0 Å². The molecule has 1 aliphatic carbocycles.